The lowest BCUT2D eigenvalue weighted by atomic mass is 9.96. The fourth-order valence-corrected chi connectivity index (χ4v) is 3.70. The van der Waals surface area contributed by atoms with Crippen LogP contribution in [0.4, 0.5) is 0 Å². The van der Waals surface area contributed by atoms with Crippen molar-refractivity contribution in [3.8, 4) is 0 Å². The molecule has 2 aromatic heterocycles. The highest BCUT2D eigenvalue weighted by molar-refractivity contribution is 7.15. The van der Waals surface area contributed by atoms with Gasteiger partial charge >= 0.3 is 0 Å². The lowest BCUT2D eigenvalue weighted by Crippen LogP contribution is -2.27. The molecule has 0 radical (unpaired) electrons. The predicted molar refractivity (Wildman–Crippen MR) is 94.9 cm³/mol. The second-order valence-corrected chi connectivity index (χ2v) is 6.93. The summed E-state index contributed by atoms with van der Waals surface area (Å²) in [6.45, 7) is 6.90. The molecule has 0 aliphatic heterocycles. The van der Waals surface area contributed by atoms with Crippen LogP contribution in [-0.2, 0) is 6.54 Å². The maximum atomic E-state index is 12.2. The Bertz CT molecular complexity index is 852. The maximum Gasteiger partial charge on any atom is 0.259 e. The average Bonchev–Trinajstić information content (AvgIpc) is 2.90. The van der Waals surface area contributed by atoms with E-state index in [-0.39, 0.29) is 11.6 Å². The number of aryl methyl sites for hydroxylation is 1. The van der Waals surface area contributed by atoms with Crippen LogP contribution in [0, 0.1) is 12.8 Å². The summed E-state index contributed by atoms with van der Waals surface area (Å²) in [5.41, 5.74) is 2.98. The lowest BCUT2D eigenvalue weighted by molar-refractivity contribution is 0.408. The van der Waals surface area contributed by atoms with Crippen LogP contribution < -0.4 is 10.9 Å². The van der Waals surface area contributed by atoms with Crippen LogP contribution in [0.1, 0.15) is 36.8 Å². The fraction of sp³-hybridized carbons (Fsp3) is 0.333. The van der Waals surface area contributed by atoms with E-state index in [0.717, 1.165) is 16.3 Å². The maximum absolute atomic E-state index is 12.2. The normalized spacial score (nSPS) is 12.9. The first-order chi connectivity index (χ1) is 11.1. The van der Waals surface area contributed by atoms with Gasteiger partial charge in [-0.1, -0.05) is 44.2 Å². The summed E-state index contributed by atoms with van der Waals surface area (Å²) in [5.74, 6) is 0.450. The minimum Gasteiger partial charge on any atom is -0.304 e. The number of rotatable bonds is 5. The Balaban J connectivity index is 1.83. The Kier molecular flexibility index (Phi) is 4.59. The zero-order valence-corrected chi connectivity index (χ0v) is 14.4. The SMILES string of the molecule is Cc1csc2nc(CN[C@H](c3ccccc3)C(C)C)cc(=O)n12. The second-order valence-electron chi connectivity index (χ2n) is 6.09. The molecule has 120 valence electrons. The number of nitrogens with one attached hydrogen (secondary N) is 1. The van der Waals surface area contributed by atoms with Gasteiger partial charge in [0.25, 0.3) is 5.56 Å². The molecule has 1 atom stereocenters. The van der Waals surface area contributed by atoms with E-state index in [1.807, 2.05) is 18.4 Å². The zero-order chi connectivity index (χ0) is 16.4. The molecule has 0 amide bonds. The molecule has 1 N–H and O–H groups in total. The highest BCUT2D eigenvalue weighted by atomic mass is 32.1. The van der Waals surface area contributed by atoms with Gasteiger partial charge in [0.1, 0.15) is 0 Å². The first-order valence-electron chi connectivity index (χ1n) is 7.81. The van der Waals surface area contributed by atoms with E-state index in [2.05, 4.69) is 48.4 Å². The molecule has 0 spiro atoms. The molecule has 1 aromatic carbocycles. The summed E-state index contributed by atoms with van der Waals surface area (Å²) in [6.07, 6.45) is 0. The van der Waals surface area contributed by atoms with E-state index in [9.17, 15) is 4.79 Å². The molecule has 0 aliphatic rings. The molecule has 0 saturated heterocycles. The molecule has 0 saturated carbocycles. The summed E-state index contributed by atoms with van der Waals surface area (Å²) >= 11 is 1.50. The first kappa shape index (κ1) is 15.9. The van der Waals surface area contributed by atoms with Gasteiger partial charge in [0.2, 0.25) is 0 Å². The van der Waals surface area contributed by atoms with E-state index in [1.54, 1.807) is 10.5 Å². The standard InChI is InChI=1S/C18H21N3OS/c1-12(2)17(14-7-5-4-6-8-14)19-10-15-9-16(22)21-13(3)11-23-18(21)20-15/h4-9,11-12,17,19H,10H2,1-3H3/t17-/m0/s1. The van der Waals surface area contributed by atoms with Crippen LogP contribution in [0.25, 0.3) is 4.96 Å². The van der Waals surface area contributed by atoms with Crippen molar-refractivity contribution >= 4 is 16.3 Å². The van der Waals surface area contributed by atoms with Gasteiger partial charge in [0.05, 0.1) is 5.69 Å². The van der Waals surface area contributed by atoms with Gasteiger partial charge in [-0.2, -0.15) is 0 Å². The fourth-order valence-electron chi connectivity index (χ4n) is 2.80. The lowest BCUT2D eigenvalue weighted by Gasteiger charge is -2.22. The average molecular weight is 327 g/mol. The van der Waals surface area contributed by atoms with Crippen molar-refractivity contribution < 1.29 is 0 Å². The molecule has 0 fully saturated rings. The van der Waals surface area contributed by atoms with Gasteiger partial charge in [-0.05, 0) is 18.4 Å². The molecule has 23 heavy (non-hydrogen) atoms. The molecular weight excluding hydrogens is 306 g/mol. The van der Waals surface area contributed by atoms with Gasteiger partial charge in [-0.3, -0.25) is 9.20 Å². The third kappa shape index (κ3) is 3.35. The Morgan fingerprint density at radius 1 is 1.26 bits per heavy atom. The summed E-state index contributed by atoms with van der Waals surface area (Å²) in [4.78, 5) is 17.6. The van der Waals surface area contributed by atoms with E-state index < -0.39 is 0 Å². The molecule has 0 bridgehead atoms. The Morgan fingerprint density at radius 2 is 2.00 bits per heavy atom. The van der Waals surface area contributed by atoms with Crippen molar-refractivity contribution in [1.82, 2.24) is 14.7 Å². The minimum absolute atomic E-state index is 0.00800. The molecular formula is C18H21N3OS. The molecule has 5 heteroatoms. The quantitative estimate of drug-likeness (QED) is 0.779. The van der Waals surface area contributed by atoms with Crippen LogP contribution in [0.15, 0.2) is 46.6 Å². The molecule has 3 aromatic rings. The van der Waals surface area contributed by atoms with Crippen molar-refractivity contribution in [2.75, 3.05) is 0 Å². The topological polar surface area (TPSA) is 46.4 Å². The smallest absolute Gasteiger partial charge is 0.259 e. The molecule has 0 unspecified atom stereocenters. The largest absolute Gasteiger partial charge is 0.304 e. The number of thiazole rings is 1. The molecule has 2 heterocycles. The highest BCUT2D eigenvalue weighted by Crippen LogP contribution is 2.21. The summed E-state index contributed by atoms with van der Waals surface area (Å²) in [7, 11) is 0. The van der Waals surface area contributed by atoms with Crippen LogP contribution in [0.2, 0.25) is 0 Å². The summed E-state index contributed by atoms with van der Waals surface area (Å²) in [5, 5.41) is 5.50. The van der Waals surface area contributed by atoms with Gasteiger partial charge in [0, 0.05) is 29.7 Å². The first-order valence-corrected chi connectivity index (χ1v) is 8.69. The third-order valence-electron chi connectivity index (χ3n) is 3.96. The van der Waals surface area contributed by atoms with E-state index in [0.29, 0.717) is 12.5 Å². The van der Waals surface area contributed by atoms with Crippen LogP contribution in [0.5, 0.6) is 0 Å². The van der Waals surface area contributed by atoms with Crippen molar-refractivity contribution in [3.05, 3.63) is 69.1 Å². The number of hydrogen-bond donors (Lipinski definition) is 1. The number of fused-ring (bicyclic) bond motifs is 1. The number of nitrogens with zero attached hydrogens (tertiary/aromatic N) is 2. The monoisotopic (exact) mass is 327 g/mol. The Morgan fingerprint density at radius 3 is 2.70 bits per heavy atom. The van der Waals surface area contributed by atoms with Gasteiger partial charge in [-0.25, -0.2) is 4.98 Å². The Labute approximate surface area is 139 Å². The summed E-state index contributed by atoms with van der Waals surface area (Å²) in [6, 6.07) is 12.3. The van der Waals surface area contributed by atoms with Gasteiger partial charge in [0.15, 0.2) is 4.96 Å². The van der Waals surface area contributed by atoms with E-state index in [4.69, 9.17) is 0 Å². The van der Waals surface area contributed by atoms with Crippen LogP contribution in [-0.4, -0.2) is 9.38 Å². The summed E-state index contributed by atoms with van der Waals surface area (Å²) < 4.78 is 1.66. The van der Waals surface area contributed by atoms with Crippen LogP contribution >= 0.6 is 11.3 Å². The zero-order valence-electron chi connectivity index (χ0n) is 13.6. The molecule has 3 rings (SSSR count). The van der Waals surface area contributed by atoms with Crippen molar-refractivity contribution in [2.45, 2.75) is 33.4 Å². The van der Waals surface area contributed by atoms with Gasteiger partial charge < -0.3 is 5.32 Å². The third-order valence-corrected chi connectivity index (χ3v) is 4.90. The molecule has 0 aliphatic carbocycles. The Hall–Kier alpha value is -1.98. The molecule has 4 nitrogen and oxygen atoms in total. The second kappa shape index (κ2) is 6.64. The minimum atomic E-state index is -0.00800. The van der Waals surface area contributed by atoms with Crippen molar-refractivity contribution in [2.24, 2.45) is 5.92 Å². The number of benzene rings is 1. The van der Waals surface area contributed by atoms with Crippen molar-refractivity contribution in [3.63, 3.8) is 0 Å². The highest BCUT2D eigenvalue weighted by Gasteiger charge is 2.15. The predicted octanol–water partition coefficient (Wildman–Crippen LogP) is 3.55. The van der Waals surface area contributed by atoms with Crippen molar-refractivity contribution in [1.29, 1.82) is 0 Å². The van der Waals surface area contributed by atoms with Gasteiger partial charge in [-0.15, -0.1) is 11.3 Å². The van der Waals surface area contributed by atoms with Crippen LogP contribution in [0.3, 0.4) is 0 Å². The van der Waals surface area contributed by atoms with E-state index in [1.165, 1.54) is 16.9 Å². The van der Waals surface area contributed by atoms with E-state index >= 15 is 0 Å². The number of hydrogen-bond acceptors (Lipinski definition) is 4. The number of aromatic nitrogens is 2.